The van der Waals surface area contributed by atoms with Crippen molar-refractivity contribution in [2.24, 2.45) is 0 Å². The molecule has 2 nitrogen and oxygen atoms in total. The van der Waals surface area contributed by atoms with Crippen LogP contribution < -0.4 is 5.32 Å². The maximum absolute atomic E-state index is 3.54. The number of likely N-dealkylation sites (N-methyl/N-ethyl adjacent to an activating group) is 1. The van der Waals surface area contributed by atoms with Gasteiger partial charge in [-0.25, -0.2) is 0 Å². The Bertz CT molecular complexity index is 269. The van der Waals surface area contributed by atoms with E-state index in [2.05, 4.69) is 61.6 Å². The summed E-state index contributed by atoms with van der Waals surface area (Å²) < 4.78 is 0. The Kier molecular flexibility index (Phi) is 6.12. The molecule has 0 amide bonds. The molecule has 0 unspecified atom stereocenters. The van der Waals surface area contributed by atoms with E-state index < -0.39 is 0 Å². The van der Waals surface area contributed by atoms with E-state index in [1.165, 1.54) is 12.0 Å². The Balaban J connectivity index is 2.13. The lowest BCUT2D eigenvalue weighted by Crippen LogP contribution is -2.33. The van der Waals surface area contributed by atoms with E-state index in [1.54, 1.807) is 0 Å². The summed E-state index contributed by atoms with van der Waals surface area (Å²) in [6, 6.07) is 11.3. The minimum atomic E-state index is 0.597. The third-order valence-electron chi connectivity index (χ3n) is 2.76. The summed E-state index contributed by atoms with van der Waals surface area (Å²) in [5.41, 5.74) is 1.43. The van der Waals surface area contributed by atoms with Crippen LogP contribution in [0.3, 0.4) is 0 Å². The quantitative estimate of drug-likeness (QED) is 0.757. The van der Waals surface area contributed by atoms with Crippen molar-refractivity contribution in [2.75, 3.05) is 27.2 Å². The molecule has 0 heterocycles. The highest BCUT2D eigenvalue weighted by Gasteiger charge is 2.01. The van der Waals surface area contributed by atoms with Crippen LogP contribution in [-0.4, -0.2) is 38.1 Å². The summed E-state index contributed by atoms with van der Waals surface area (Å²) in [5, 5.41) is 3.54. The van der Waals surface area contributed by atoms with Gasteiger partial charge in [-0.1, -0.05) is 30.3 Å². The van der Waals surface area contributed by atoms with Gasteiger partial charge in [-0.05, 0) is 39.4 Å². The molecule has 0 aliphatic heterocycles. The lowest BCUT2D eigenvalue weighted by molar-refractivity contribution is 0.383. The molecule has 1 N–H and O–H groups in total. The average Bonchev–Trinajstić information content (AvgIpc) is 2.27. The van der Waals surface area contributed by atoms with Crippen molar-refractivity contribution in [2.45, 2.75) is 25.8 Å². The third-order valence-corrected chi connectivity index (χ3v) is 2.76. The largest absolute Gasteiger partial charge is 0.313 e. The van der Waals surface area contributed by atoms with Gasteiger partial charge in [0.25, 0.3) is 0 Å². The van der Waals surface area contributed by atoms with Crippen molar-refractivity contribution < 1.29 is 0 Å². The van der Waals surface area contributed by atoms with E-state index in [0.29, 0.717) is 6.04 Å². The maximum atomic E-state index is 3.54. The van der Waals surface area contributed by atoms with Gasteiger partial charge in [0, 0.05) is 19.1 Å². The lowest BCUT2D eigenvalue weighted by Gasteiger charge is -2.16. The summed E-state index contributed by atoms with van der Waals surface area (Å²) in [7, 11) is 4.21. The monoisotopic (exact) mass is 220 g/mol. The maximum Gasteiger partial charge on any atom is 0.0101 e. The molecule has 0 saturated carbocycles. The minimum Gasteiger partial charge on any atom is -0.313 e. The summed E-state index contributed by atoms with van der Waals surface area (Å²) in [6.45, 7) is 4.44. The predicted octanol–water partition coefficient (Wildman–Crippen LogP) is 2.16. The first-order valence-electron chi connectivity index (χ1n) is 6.10. The van der Waals surface area contributed by atoms with E-state index in [0.717, 1.165) is 19.5 Å². The first-order valence-corrected chi connectivity index (χ1v) is 6.10. The van der Waals surface area contributed by atoms with Gasteiger partial charge < -0.3 is 10.2 Å². The second-order valence-electron chi connectivity index (χ2n) is 4.68. The molecular formula is C14H24N2. The minimum absolute atomic E-state index is 0.597. The highest BCUT2D eigenvalue weighted by atomic mass is 15.1. The average molecular weight is 220 g/mol. The molecule has 1 aromatic rings. The Hall–Kier alpha value is -0.860. The van der Waals surface area contributed by atoms with Gasteiger partial charge in [-0.2, -0.15) is 0 Å². The van der Waals surface area contributed by atoms with E-state index in [-0.39, 0.29) is 0 Å². The second kappa shape index (κ2) is 7.42. The topological polar surface area (TPSA) is 15.3 Å². The van der Waals surface area contributed by atoms with Gasteiger partial charge in [0.1, 0.15) is 0 Å². The summed E-state index contributed by atoms with van der Waals surface area (Å²) >= 11 is 0. The van der Waals surface area contributed by atoms with Crippen LogP contribution in [0.25, 0.3) is 0 Å². The fourth-order valence-electron chi connectivity index (χ4n) is 1.66. The van der Waals surface area contributed by atoms with Gasteiger partial charge in [0.05, 0.1) is 0 Å². The molecule has 1 aromatic carbocycles. The van der Waals surface area contributed by atoms with Gasteiger partial charge >= 0.3 is 0 Å². The fourth-order valence-corrected chi connectivity index (χ4v) is 1.66. The van der Waals surface area contributed by atoms with Crippen molar-refractivity contribution >= 4 is 0 Å². The van der Waals surface area contributed by atoms with Crippen LogP contribution in [0.15, 0.2) is 30.3 Å². The Morgan fingerprint density at radius 1 is 1.19 bits per heavy atom. The zero-order chi connectivity index (χ0) is 11.8. The Morgan fingerprint density at radius 3 is 2.50 bits per heavy atom. The second-order valence-corrected chi connectivity index (χ2v) is 4.68. The molecule has 1 rings (SSSR count). The van der Waals surface area contributed by atoms with Crippen LogP contribution in [0.5, 0.6) is 0 Å². The smallest absolute Gasteiger partial charge is 0.0101 e. The molecule has 0 bridgehead atoms. The fraction of sp³-hybridized carbons (Fsp3) is 0.571. The van der Waals surface area contributed by atoms with Crippen molar-refractivity contribution in [3.63, 3.8) is 0 Å². The molecule has 0 aromatic heterocycles. The molecule has 2 heteroatoms. The number of benzene rings is 1. The highest BCUT2D eigenvalue weighted by Crippen LogP contribution is 2.04. The molecule has 0 aliphatic carbocycles. The van der Waals surface area contributed by atoms with Gasteiger partial charge in [0.15, 0.2) is 0 Å². The first-order chi connectivity index (χ1) is 7.68. The van der Waals surface area contributed by atoms with Crippen LogP contribution in [0, 0.1) is 0 Å². The number of nitrogens with one attached hydrogen (secondary N) is 1. The Morgan fingerprint density at radius 2 is 1.88 bits per heavy atom. The van der Waals surface area contributed by atoms with E-state index >= 15 is 0 Å². The van der Waals surface area contributed by atoms with Crippen molar-refractivity contribution in [1.82, 2.24) is 10.2 Å². The molecule has 0 radical (unpaired) electrons. The summed E-state index contributed by atoms with van der Waals surface area (Å²) in [4.78, 5) is 2.21. The number of nitrogens with zero attached hydrogens (tertiary/aromatic N) is 1. The first kappa shape index (κ1) is 13.2. The van der Waals surface area contributed by atoms with E-state index in [1.807, 2.05) is 0 Å². The zero-order valence-electron chi connectivity index (χ0n) is 10.7. The van der Waals surface area contributed by atoms with Gasteiger partial charge in [-0.3, -0.25) is 0 Å². The van der Waals surface area contributed by atoms with Gasteiger partial charge in [-0.15, -0.1) is 0 Å². The summed E-state index contributed by atoms with van der Waals surface area (Å²) in [5.74, 6) is 0. The van der Waals surface area contributed by atoms with Crippen LogP contribution in [0.1, 0.15) is 18.9 Å². The molecule has 0 aliphatic rings. The lowest BCUT2D eigenvalue weighted by atomic mass is 10.1. The van der Waals surface area contributed by atoms with Crippen LogP contribution in [0.4, 0.5) is 0 Å². The predicted molar refractivity (Wildman–Crippen MR) is 70.8 cm³/mol. The van der Waals surface area contributed by atoms with Crippen LogP contribution in [-0.2, 0) is 6.42 Å². The van der Waals surface area contributed by atoms with Crippen LogP contribution in [0.2, 0.25) is 0 Å². The number of aryl methyl sites for hydroxylation is 1. The Labute approximate surface area is 99.7 Å². The molecule has 1 atom stereocenters. The third kappa shape index (κ3) is 5.89. The number of hydrogen-bond acceptors (Lipinski definition) is 2. The zero-order valence-corrected chi connectivity index (χ0v) is 10.7. The van der Waals surface area contributed by atoms with E-state index in [4.69, 9.17) is 0 Å². The van der Waals surface area contributed by atoms with Gasteiger partial charge in [0.2, 0.25) is 0 Å². The molecule has 90 valence electrons. The molecule has 0 saturated heterocycles. The molecule has 0 fully saturated rings. The molecule has 0 spiro atoms. The number of rotatable bonds is 7. The SMILES string of the molecule is C[C@@H](CCc1ccccc1)NCCN(C)C. The van der Waals surface area contributed by atoms with Crippen LogP contribution >= 0.6 is 0 Å². The standard InChI is InChI=1S/C14H24N2/c1-13(15-11-12-16(2)3)9-10-14-7-5-4-6-8-14/h4-8,13,15H,9-12H2,1-3H3/t13-/m0/s1. The molecular weight excluding hydrogens is 196 g/mol. The normalized spacial score (nSPS) is 13.0. The summed E-state index contributed by atoms with van der Waals surface area (Å²) in [6.07, 6.45) is 2.37. The molecule has 16 heavy (non-hydrogen) atoms. The van der Waals surface area contributed by atoms with Crippen molar-refractivity contribution in [1.29, 1.82) is 0 Å². The van der Waals surface area contributed by atoms with Crippen molar-refractivity contribution in [3.05, 3.63) is 35.9 Å². The number of hydrogen-bond donors (Lipinski definition) is 1. The van der Waals surface area contributed by atoms with Crippen molar-refractivity contribution in [3.8, 4) is 0 Å². The van der Waals surface area contributed by atoms with E-state index in [9.17, 15) is 0 Å². The highest BCUT2D eigenvalue weighted by molar-refractivity contribution is 5.14.